The van der Waals surface area contributed by atoms with Gasteiger partial charge in [0.1, 0.15) is 24.3 Å². The lowest BCUT2D eigenvalue weighted by Crippen LogP contribution is -2.52. The highest BCUT2D eigenvalue weighted by atomic mass is 16.4. The predicted octanol–water partition coefficient (Wildman–Crippen LogP) is 12.1. The molecule has 4 fully saturated rings. The molecule has 13 aromatic rings. The van der Waals surface area contributed by atoms with E-state index >= 15 is 0 Å². The van der Waals surface area contributed by atoms with Crippen LogP contribution in [0.5, 0.6) is 0 Å². The van der Waals surface area contributed by atoms with Crippen LogP contribution < -0.4 is 27.6 Å². The highest BCUT2D eigenvalue weighted by molar-refractivity contribution is 6.03. The van der Waals surface area contributed by atoms with Crippen molar-refractivity contribution in [3.63, 3.8) is 0 Å². The van der Waals surface area contributed by atoms with Crippen LogP contribution in [0.4, 0.5) is 6.01 Å². The standard InChI is InChI=1S/C34H34N8O2.C33H35N7O2.C7H7N5.H2/c1-41-26-18-21(11-13-23(26)28(20-8-3-4-9-20)29(41)25-10-5-6-17-36-25)30(43)38-34(15-7-16-34)32-37-24-14-12-22(19-27(24)42(32)2)31-39-40-33(35)44-31;1-39-26-18-21(11-13-23(26)28(20-8-3-4-9-20)29(39)25-10-5-6-17-35-25)30(41)37-33(15-7-16-33)32-36-24-14-12-22(31(42)38-34)19-27(24)40(32)2;8-7(11-3-1-9-5-11)12-4-2-10-6-12;/h5-6,10-14,17-20H,3-4,7-9,15-16H2,1-2H3,(H2,35,40)(H,38,43);5-6,10-14,17-20H,3-4,7-9,15-16,34H2,1-2H3,(H,37,41)(H,38,42);1-6,8H;1H. The van der Waals surface area contributed by atoms with Crippen LogP contribution in [0.1, 0.15) is 157 Å². The SMILES string of the molecule is Cn1c(C2(NC(=O)c3ccc4c(C5CCCC5)c(-c5ccccn5)n(C)c4c3)CCC2)nc2ccc(-c3nnc(N)o3)cc21.Cn1c(C2(NC(=O)c3ccc4c(C5CCCC5)c(-c5ccccn5)n(C)c4c3)CCC2)nc2ccc(C(=O)NN)cc21.N=C(n1ccnc1)n1ccnc1.[HH]. The van der Waals surface area contributed by atoms with Crippen molar-refractivity contribution in [1.82, 2.24) is 83.6 Å². The first-order chi connectivity index (χ1) is 47.7. The second-order valence-electron chi connectivity index (χ2n) is 26.4. The minimum Gasteiger partial charge on any atom is -0.404 e. The molecule has 498 valence electrons. The monoisotopic (exact) mass is 1310 g/mol. The van der Waals surface area contributed by atoms with E-state index in [0.717, 1.165) is 112 Å². The maximum Gasteiger partial charge on any atom is 0.313 e. The van der Waals surface area contributed by atoms with E-state index in [1.54, 1.807) is 58.7 Å². The minimum absolute atomic E-state index is 0. The van der Waals surface area contributed by atoms with Gasteiger partial charge in [-0.3, -0.25) is 44.3 Å². The van der Waals surface area contributed by atoms with E-state index in [1.165, 1.54) is 73.3 Å². The number of hydrogen-bond acceptors (Lipinski definition) is 15. The van der Waals surface area contributed by atoms with Gasteiger partial charge in [0.25, 0.3) is 17.7 Å². The van der Waals surface area contributed by atoms with E-state index in [2.05, 4.69) is 88.3 Å². The van der Waals surface area contributed by atoms with Gasteiger partial charge in [0.2, 0.25) is 11.9 Å². The summed E-state index contributed by atoms with van der Waals surface area (Å²) in [5, 5.41) is 24.6. The Bertz CT molecular complexity index is 5130. The van der Waals surface area contributed by atoms with Crippen LogP contribution in [0, 0.1) is 5.41 Å². The molecule has 0 aliphatic heterocycles. The number of amides is 3. The number of nitrogens with zero attached hydrogens (tertiary/aromatic N) is 14. The second kappa shape index (κ2) is 25.6. The number of hydrogen-bond donors (Lipinski definition) is 6. The molecule has 4 aromatic carbocycles. The summed E-state index contributed by atoms with van der Waals surface area (Å²) in [4.78, 5) is 66.9. The molecule has 4 aliphatic rings. The summed E-state index contributed by atoms with van der Waals surface area (Å²) >= 11 is 0. The van der Waals surface area contributed by atoms with Gasteiger partial charge in [-0.1, -0.05) is 55.0 Å². The number of nitrogens with one attached hydrogen (secondary N) is 4. The third kappa shape index (κ3) is 11.2. The Balaban J connectivity index is 0.000000143. The predicted molar refractivity (Wildman–Crippen MR) is 377 cm³/mol. The Hall–Kier alpha value is -11.4. The van der Waals surface area contributed by atoms with E-state index in [-0.39, 0.29) is 25.2 Å². The molecule has 0 atom stereocenters. The van der Waals surface area contributed by atoms with Crippen LogP contribution in [-0.2, 0) is 39.3 Å². The molecule has 4 aliphatic carbocycles. The Morgan fingerprint density at radius 2 is 1.00 bits per heavy atom. The Morgan fingerprint density at radius 1 is 0.541 bits per heavy atom. The summed E-state index contributed by atoms with van der Waals surface area (Å²) < 4.78 is 17.1. The number of imidazole rings is 4. The molecule has 24 heteroatoms. The van der Waals surface area contributed by atoms with E-state index in [9.17, 15) is 14.4 Å². The highest BCUT2D eigenvalue weighted by Gasteiger charge is 2.46. The molecule has 98 heavy (non-hydrogen) atoms. The van der Waals surface area contributed by atoms with Gasteiger partial charge in [0, 0.05) is 111 Å². The van der Waals surface area contributed by atoms with Gasteiger partial charge in [-0.15, -0.1) is 5.10 Å². The summed E-state index contributed by atoms with van der Waals surface area (Å²) in [7, 11) is 8.10. The number of nitrogens with two attached hydrogens (primary N) is 2. The Morgan fingerprint density at radius 3 is 1.42 bits per heavy atom. The van der Waals surface area contributed by atoms with E-state index < -0.39 is 11.1 Å². The molecule has 24 nitrogen and oxygen atoms in total. The van der Waals surface area contributed by atoms with E-state index in [1.807, 2.05) is 104 Å². The smallest absolute Gasteiger partial charge is 0.313 e. The average molecular weight is 1310 g/mol. The lowest BCUT2D eigenvalue weighted by molar-refractivity contribution is 0.0797. The number of rotatable bonds is 12. The number of fused-ring (bicyclic) bond motifs is 4. The zero-order valence-corrected chi connectivity index (χ0v) is 55.1. The summed E-state index contributed by atoms with van der Waals surface area (Å²) in [6.07, 6.45) is 28.5. The molecule has 9 aromatic heterocycles. The number of nitrogen functional groups attached to an aromatic ring is 2. The lowest BCUT2D eigenvalue weighted by atomic mass is 9.75. The van der Waals surface area contributed by atoms with Crippen molar-refractivity contribution >= 4 is 73.6 Å². The molecule has 8 N–H and O–H groups in total. The molecule has 3 amide bonds. The van der Waals surface area contributed by atoms with Crippen molar-refractivity contribution in [2.75, 3.05) is 5.73 Å². The van der Waals surface area contributed by atoms with Gasteiger partial charge in [-0.05, 0) is 172 Å². The lowest BCUT2D eigenvalue weighted by Gasteiger charge is -2.41. The van der Waals surface area contributed by atoms with Crippen LogP contribution >= 0.6 is 0 Å². The molecular weight excluding hydrogens is 1230 g/mol. The average Bonchev–Trinajstić information content (AvgIpc) is 1.62. The largest absolute Gasteiger partial charge is 0.404 e. The number of anilines is 1. The maximum absolute atomic E-state index is 14.0. The molecule has 0 spiro atoms. The zero-order chi connectivity index (χ0) is 67.4. The van der Waals surface area contributed by atoms with Crippen molar-refractivity contribution in [2.45, 2.75) is 113 Å². The number of hydrazine groups is 1. The van der Waals surface area contributed by atoms with Crippen molar-refractivity contribution in [2.24, 2.45) is 34.0 Å². The quantitative estimate of drug-likeness (QED) is 0.0218. The van der Waals surface area contributed by atoms with Gasteiger partial charge in [0.05, 0.1) is 55.9 Å². The fourth-order valence-electron chi connectivity index (χ4n) is 15.4. The molecule has 0 bridgehead atoms. The number of aromatic nitrogens is 14. The number of carbonyl (C=O) groups is 3. The number of pyridine rings is 2. The van der Waals surface area contributed by atoms with Crippen LogP contribution in [0.25, 0.3) is 78.1 Å². The molecular formula is C74H78N20O4. The minimum atomic E-state index is -0.571. The van der Waals surface area contributed by atoms with Gasteiger partial charge in [0.15, 0.2) is 0 Å². The highest BCUT2D eigenvalue weighted by Crippen LogP contribution is 2.48. The van der Waals surface area contributed by atoms with Crippen LogP contribution in [-0.4, -0.2) is 91.2 Å². The number of carbonyl (C=O) groups excluding carboxylic acids is 3. The first-order valence-corrected chi connectivity index (χ1v) is 33.5. The van der Waals surface area contributed by atoms with Crippen LogP contribution in [0.2, 0.25) is 0 Å². The van der Waals surface area contributed by atoms with Gasteiger partial charge in [-0.2, -0.15) is 0 Å². The molecule has 0 radical (unpaired) electrons. The fraction of sp³-hybridized carbons (Fsp3) is 0.297. The normalized spacial score (nSPS) is 15.7. The fourth-order valence-corrected chi connectivity index (χ4v) is 15.4. The molecule has 17 rings (SSSR count). The van der Waals surface area contributed by atoms with E-state index in [4.69, 9.17) is 41.3 Å². The summed E-state index contributed by atoms with van der Waals surface area (Å²) in [6, 6.07) is 35.5. The number of benzene rings is 4. The maximum atomic E-state index is 14.0. The first-order valence-electron chi connectivity index (χ1n) is 33.5. The topological polar surface area (TPSA) is 309 Å². The van der Waals surface area contributed by atoms with Crippen LogP contribution in [0.15, 0.2) is 163 Å². The summed E-state index contributed by atoms with van der Waals surface area (Å²) in [6.45, 7) is 0. The molecule has 4 saturated carbocycles. The van der Waals surface area contributed by atoms with Gasteiger partial charge < -0.3 is 39.1 Å². The Labute approximate surface area is 565 Å². The van der Waals surface area contributed by atoms with Crippen molar-refractivity contribution in [1.29, 1.82) is 5.41 Å². The van der Waals surface area contributed by atoms with E-state index in [0.29, 0.717) is 40.4 Å². The molecule has 9 heterocycles. The summed E-state index contributed by atoms with van der Waals surface area (Å²) in [5.74, 6) is 8.08. The van der Waals surface area contributed by atoms with Crippen LogP contribution in [0.3, 0.4) is 0 Å². The second-order valence-corrected chi connectivity index (χ2v) is 26.4. The molecule has 0 unspecified atom stereocenters. The van der Waals surface area contributed by atoms with Crippen molar-refractivity contribution < 1.29 is 20.2 Å². The Kier molecular flexibility index (Phi) is 16.4. The van der Waals surface area contributed by atoms with Gasteiger partial charge >= 0.3 is 6.01 Å². The third-order valence-electron chi connectivity index (χ3n) is 20.7. The third-order valence-corrected chi connectivity index (χ3v) is 20.7. The van der Waals surface area contributed by atoms with Crippen molar-refractivity contribution in [3.8, 4) is 34.2 Å². The summed E-state index contributed by atoms with van der Waals surface area (Å²) in [5.41, 5.74) is 21.6. The first kappa shape index (κ1) is 62.7. The molecule has 0 saturated heterocycles. The number of aryl methyl sites for hydroxylation is 4. The zero-order valence-electron chi connectivity index (χ0n) is 55.1. The van der Waals surface area contributed by atoms with Gasteiger partial charge in [-0.25, -0.2) is 25.8 Å². The van der Waals surface area contributed by atoms with Crippen molar-refractivity contribution in [3.05, 3.63) is 198 Å².